The summed E-state index contributed by atoms with van der Waals surface area (Å²) in [6, 6.07) is 13.6. The lowest BCUT2D eigenvalue weighted by molar-refractivity contribution is -0.115. The number of hydrogen-bond donors (Lipinski definition) is 2. The maximum absolute atomic E-state index is 12.1. The van der Waals surface area contributed by atoms with Crippen LogP contribution >= 0.6 is 0 Å². The van der Waals surface area contributed by atoms with Crippen LogP contribution in [0.3, 0.4) is 0 Å². The van der Waals surface area contributed by atoms with E-state index in [4.69, 9.17) is 9.84 Å². The van der Waals surface area contributed by atoms with Gasteiger partial charge >= 0.3 is 5.97 Å². The Labute approximate surface area is 140 Å². The van der Waals surface area contributed by atoms with Crippen LogP contribution in [-0.2, 0) is 11.2 Å². The number of amides is 1. The van der Waals surface area contributed by atoms with Crippen molar-refractivity contribution in [3.05, 3.63) is 59.7 Å². The van der Waals surface area contributed by atoms with Crippen molar-refractivity contribution in [1.82, 2.24) is 0 Å². The van der Waals surface area contributed by atoms with E-state index >= 15 is 0 Å². The number of hydrogen-bond acceptors (Lipinski definition) is 3. The van der Waals surface area contributed by atoms with Gasteiger partial charge in [-0.05, 0) is 60.7 Å². The molecule has 1 amide bonds. The van der Waals surface area contributed by atoms with Crippen LogP contribution in [0.2, 0.25) is 0 Å². The Morgan fingerprint density at radius 1 is 1.04 bits per heavy atom. The van der Waals surface area contributed by atoms with Gasteiger partial charge in [0.25, 0.3) is 0 Å². The number of aromatic carboxylic acids is 1. The second kappa shape index (κ2) is 7.17. The van der Waals surface area contributed by atoms with E-state index in [1.54, 1.807) is 12.1 Å². The molecular formula is C19H19NO4. The summed E-state index contributed by atoms with van der Waals surface area (Å²) < 4.78 is 5.66. The van der Waals surface area contributed by atoms with Crippen molar-refractivity contribution in [2.75, 3.05) is 11.9 Å². The second-order valence-corrected chi connectivity index (χ2v) is 6.01. The predicted molar refractivity (Wildman–Crippen MR) is 90.4 cm³/mol. The quantitative estimate of drug-likeness (QED) is 0.818. The number of carboxylic acid groups (broad SMARTS) is 1. The van der Waals surface area contributed by atoms with Gasteiger partial charge in [0.1, 0.15) is 5.75 Å². The summed E-state index contributed by atoms with van der Waals surface area (Å²) in [5.41, 5.74) is 1.68. The predicted octanol–water partition coefficient (Wildman–Crippen LogP) is 3.35. The van der Waals surface area contributed by atoms with Gasteiger partial charge in [-0.2, -0.15) is 0 Å². The summed E-state index contributed by atoms with van der Waals surface area (Å²) in [5.74, 6) is 0.390. The molecule has 5 nitrogen and oxygen atoms in total. The Bertz CT molecular complexity index is 718. The smallest absolute Gasteiger partial charge is 0.335 e. The van der Waals surface area contributed by atoms with Crippen LogP contribution in [0.1, 0.15) is 28.8 Å². The molecule has 3 rings (SSSR count). The first-order valence-electron chi connectivity index (χ1n) is 7.95. The monoisotopic (exact) mass is 325 g/mol. The van der Waals surface area contributed by atoms with Gasteiger partial charge < -0.3 is 15.2 Å². The Morgan fingerprint density at radius 3 is 2.29 bits per heavy atom. The minimum absolute atomic E-state index is 0.148. The Kier molecular flexibility index (Phi) is 4.79. The molecule has 1 fully saturated rings. The van der Waals surface area contributed by atoms with Crippen LogP contribution in [0.15, 0.2) is 48.5 Å². The van der Waals surface area contributed by atoms with E-state index in [1.165, 1.54) is 25.0 Å². The molecule has 0 aromatic heterocycles. The summed E-state index contributed by atoms with van der Waals surface area (Å²) >= 11 is 0. The molecule has 0 atom stereocenters. The van der Waals surface area contributed by atoms with Gasteiger partial charge in [-0.3, -0.25) is 4.79 Å². The average molecular weight is 325 g/mol. The lowest BCUT2D eigenvalue weighted by Crippen LogP contribution is -2.14. The fraction of sp³-hybridized carbons (Fsp3) is 0.263. The highest BCUT2D eigenvalue weighted by atomic mass is 16.5. The van der Waals surface area contributed by atoms with Gasteiger partial charge in [0.15, 0.2) is 0 Å². The fourth-order valence-electron chi connectivity index (χ4n) is 2.29. The van der Waals surface area contributed by atoms with Crippen molar-refractivity contribution >= 4 is 17.6 Å². The number of nitrogens with one attached hydrogen (secondary N) is 1. The normalized spacial score (nSPS) is 13.3. The van der Waals surface area contributed by atoms with Gasteiger partial charge in [0.2, 0.25) is 5.91 Å². The molecule has 0 unspecified atom stereocenters. The van der Waals surface area contributed by atoms with Crippen molar-refractivity contribution in [1.29, 1.82) is 0 Å². The average Bonchev–Trinajstić information content (AvgIpc) is 3.39. The summed E-state index contributed by atoms with van der Waals surface area (Å²) in [4.78, 5) is 22.9. The topological polar surface area (TPSA) is 75.6 Å². The van der Waals surface area contributed by atoms with E-state index in [0.29, 0.717) is 11.6 Å². The molecule has 0 spiro atoms. The third kappa shape index (κ3) is 4.59. The van der Waals surface area contributed by atoms with Gasteiger partial charge in [-0.1, -0.05) is 12.1 Å². The maximum Gasteiger partial charge on any atom is 0.335 e. The third-order valence-corrected chi connectivity index (χ3v) is 3.89. The molecule has 1 aliphatic rings. The zero-order valence-corrected chi connectivity index (χ0v) is 13.2. The molecule has 0 bridgehead atoms. The summed E-state index contributed by atoms with van der Waals surface area (Å²) in [7, 11) is 0. The van der Waals surface area contributed by atoms with E-state index < -0.39 is 5.97 Å². The van der Waals surface area contributed by atoms with E-state index in [0.717, 1.165) is 17.9 Å². The number of benzene rings is 2. The van der Waals surface area contributed by atoms with Crippen LogP contribution in [0, 0.1) is 5.92 Å². The number of carbonyl (C=O) groups excluding carboxylic acids is 1. The minimum Gasteiger partial charge on any atom is -0.493 e. The van der Waals surface area contributed by atoms with Crippen LogP contribution in [0.25, 0.3) is 0 Å². The summed E-state index contributed by atoms with van der Waals surface area (Å²) in [6.45, 7) is 0.762. The van der Waals surface area contributed by atoms with E-state index in [-0.39, 0.29) is 17.9 Å². The first-order chi connectivity index (χ1) is 11.6. The number of anilines is 1. The molecular weight excluding hydrogens is 306 g/mol. The Balaban J connectivity index is 1.51. The lowest BCUT2D eigenvalue weighted by Gasteiger charge is -2.08. The molecule has 0 radical (unpaired) electrons. The zero-order valence-electron chi connectivity index (χ0n) is 13.2. The number of ether oxygens (including phenoxy) is 1. The van der Waals surface area contributed by atoms with Gasteiger partial charge in [-0.15, -0.1) is 0 Å². The SMILES string of the molecule is O=C(Cc1ccc(C(=O)O)cc1)Nc1ccc(OCC2CC2)cc1. The molecule has 5 heteroatoms. The van der Waals surface area contributed by atoms with Crippen LogP contribution < -0.4 is 10.1 Å². The van der Waals surface area contributed by atoms with Crippen molar-refractivity contribution in [3.63, 3.8) is 0 Å². The van der Waals surface area contributed by atoms with E-state index in [2.05, 4.69) is 5.32 Å². The van der Waals surface area contributed by atoms with Crippen molar-refractivity contribution < 1.29 is 19.4 Å². The van der Waals surface area contributed by atoms with Crippen molar-refractivity contribution in [2.24, 2.45) is 5.92 Å². The molecule has 0 saturated heterocycles. The van der Waals surface area contributed by atoms with Gasteiger partial charge in [0.05, 0.1) is 18.6 Å². The molecule has 0 aliphatic heterocycles. The lowest BCUT2D eigenvalue weighted by atomic mass is 10.1. The first-order valence-corrected chi connectivity index (χ1v) is 7.95. The molecule has 0 heterocycles. The number of carboxylic acids is 1. The van der Waals surface area contributed by atoms with Crippen LogP contribution in [-0.4, -0.2) is 23.6 Å². The number of carbonyl (C=O) groups is 2. The fourth-order valence-corrected chi connectivity index (χ4v) is 2.29. The highest BCUT2D eigenvalue weighted by molar-refractivity contribution is 5.92. The molecule has 124 valence electrons. The maximum atomic E-state index is 12.1. The number of rotatable bonds is 7. The molecule has 2 aromatic rings. The minimum atomic E-state index is -0.977. The van der Waals surface area contributed by atoms with E-state index in [1.807, 2.05) is 24.3 Å². The third-order valence-electron chi connectivity index (χ3n) is 3.89. The van der Waals surface area contributed by atoms with Gasteiger partial charge in [0, 0.05) is 5.69 Å². The standard InChI is InChI=1S/C19H19NO4/c21-18(11-13-3-5-15(6-4-13)19(22)23)20-16-7-9-17(10-8-16)24-12-14-1-2-14/h3-10,14H,1-2,11-12H2,(H,20,21)(H,22,23). The Hall–Kier alpha value is -2.82. The van der Waals surface area contributed by atoms with Crippen LogP contribution in [0.5, 0.6) is 5.75 Å². The Morgan fingerprint density at radius 2 is 1.71 bits per heavy atom. The molecule has 2 N–H and O–H groups in total. The highest BCUT2D eigenvalue weighted by Gasteiger charge is 2.21. The summed E-state index contributed by atoms with van der Waals surface area (Å²) in [5, 5.41) is 11.7. The van der Waals surface area contributed by atoms with Crippen molar-refractivity contribution in [2.45, 2.75) is 19.3 Å². The highest BCUT2D eigenvalue weighted by Crippen LogP contribution is 2.29. The zero-order chi connectivity index (χ0) is 16.9. The van der Waals surface area contributed by atoms with E-state index in [9.17, 15) is 9.59 Å². The molecule has 1 aliphatic carbocycles. The molecule has 24 heavy (non-hydrogen) atoms. The molecule has 2 aromatic carbocycles. The van der Waals surface area contributed by atoms with Crippen LogP contribution in [0.4, 0.5) is 5.69 Å². The van der Waals surface area contributed by atoms with Gasteiger partial charge in [-0.25, -0.2) is 4.79 Å². The largest absolute Gasteiger partial charge is 0.493 e. The molecule has 1 saturated carbocycles. The van der Waals surface area contributed by atoms with Crippen molar-refractivity contribution in [3.8, 4) is 5.75 Å². The summed E-state index contributed by atoms with van der Waals surface area (Å²) in [6.07, 6.45) is 2.70. The second-order valence-electron chi connectivity index (χ2n) is 6.01. The first kappa shape index (κ1) is 16.1.